The number of aryl methyl sites for hydroxylation is 1. The first-order chi connectivity index (χ1) is 9.65. The minimum absolute atomic E-state index is 0.110. The number of nitrogens with zero attached hydrogens (tertiary/aromatic N) is 1. The third kappa shape index (κ3) is 2.41. The molecule has 0 aliphatic carbocycles. The maximum Gasteiger partial charge on any atom is 0.221 e. The van der Waals surface area contributed by atoms with Crippen molar-refractivity contribution in [1.82, 2.24) is 0 Å². The average molecular weight is 290 g/mol. The summed E-state index contributed by atoms with van der Waals surface area (Å²) in [6.45, 7) is 2.44. The Hall–Kier alpha value is -1.87. The summed E-state index contributed by atoms with van der Waals surface area (Å²) in [5, 5.41) is 0.313. The van der Waals surface area contributed by atoms with Crippen LogP contribution in [0.25, 0.3) is 0 Å². The molecule has 1 aliphatic heterocycles. The van der Waals surface area contributed by atoms with Crippen molar-refractivity contribution in [3.05, 3.63) is 70.0 Å². The van der Waals surface area contributed by atoms with Crippen molar-refractivity contribution >= 4 is 17.5 Å². The molecule has 1 unspecified atom stereocenters. The van der Waals surface area contributed by atoms with Crippen LogP contribution in [0.1, 0.15) is 22.7 Å². The zero-order valence-electron chi connectivity index (χ0n) is 10.9. The average Bonchev–Trinajstić information content (AvgIpc) is 2.89. The monoisotopic (exact) mass is 289 g/mol. The molecule has 0 saturated heterocycles. The topological polar surface area (TPSA) is 21.6 Å². The largest absolute Gasteiger partial charge is 0.475 e. The molecule has 0 N–H and O–H groups in total. The van der Waals surface area contributed by atoms with Crippen LogP contribution >= 0.6 is 11.6 Å². The molecule has 2 aromatic rings. The van der Waals surface area contributed by atoms with Crippen molar-refractivity contribution < 1.29 is 9.13 Å². The third-order valence-electron chi connectivity index (χ3n) is 3.29. The van der Waals surface area contributed by atoms with E-state index in [0.29, 0.717) is 11.6 Å². The molecule has 0 saturated carbocycles. The standard InChI is InChI=1S/C16H13ClFNO/c1-10-5-7-11(8-6-10)14-9-20-16(19-14)15-12(17)3-2-4-13(15)18/h2-8,14H,9H2,1H3. The van der Waals surface area contributed by atoms with Crippen LogP contribution in [0.4, 0.5) is 4.39 Å². The van der Waals surface area contributed by atoms with E-state index < -0.39 is 5.82 Å². The van der Waals surface area contributed by atoms with E-state index >= 15 is 0 Å². The molecule has 2 aromatic carbocycles. The van der Waals surface area contributed by atoms with Crippen LogP contribution in [0, 0.1) is 12.7 Å². The number of ether oxygens (including phenoxy) is 1. The van der Waals surface area contributed by atoms with Gasteiger partial charge >= 0.3 is 0 Å². The second-order valence-electron chi connectivity index (χ2n) is 4.77. The first-order valence-electron chi connectivity index (χ1n) is 6.36. The smallest absolute Gasteiger partial charge is 0.221 e. The molecule has 4 heteroatoms. The van der Waals surface area contributed by atoms with E-state index in [1.165, 1.54) is 11.6 Å². The molecule has 0 spiro atoms. The number of hydrogen-bond acceptors (Lipinski definition) is 2. The highest BCUT2D eigenvalue weighted by molar-refractivity contribution is 6.33. The number of benzene rings is 2. The summed E-state index contributed by atoms with van der Waals surface area (Å²) in [4.78, 5) is 4.45. The molecule has 0 aromatic heterocycles. The third-order valence-corrected chi connectivity index (χ3v) is 3.60. The Morgan fingerprint density at radius 2 is 1.95 bits per heavy atom. The van der Waals surface area contributed by atoms with E-state index in [1.54, 1.807) is 12.1 Å². The molecule has 0 amide bonds. The molecule has 0 fully saturated rings. The Morgan fingerprint density at radius 3 is 2.65 bits per heavy atom. The van der Waals surface area contributed by atoms with Gasteiger partial charge in [0.25, 0.3) is 0 Å². The Kier molecular flexibility index (Phi) is 3.45. The van der Waals surface area contributed by atoms with Crippen molar-refractivity contribution in [3.63, 3.8) is 0 Å². The fourth-order valence-corrected chi connectivity index (χ4v) is 2.42. The van der Waals surface area contributed by atoms with Gasteiger partial charge in [-0.05, 0) is 24.6 Å². The minimum atomic E-state index is -0.416. The van der Waals surface area contributed by atoms with E-state index in [1.807, 2.05) is 31.2 Å². The molecule has 2 nitrogen and oxygen atoms in total. The summed E-state index contributed by atoms with van der Waals surface area (Å²) in [6.07, 6.45) is 0. The van der Waals surface area contributed by atoms with Gasteiger partial charge in [0.2, 0.25) is 5.90 Å². The Labute approximate surface area is 121 Å². The maximum atomic E-state index is 13.8. The molecular formula is C16H13ClFNO. The van der Waals surface area contributed by atoms with E-state index in [9.17, 15) is 4.39 Å². The molecule has 20 heavy (non-hydrogen) atoms. The van der Waals surface area contributed by atoms with Gasteiger partial charge in [-0.15, -0.1) is 0 Å². The lowest BCUT2D eigenvalue weighted by Gasteiger charge is -2.05. The Bertz CT molecular complexity index is 646. The van der Waals surface area contributed by atoms with Crippen LogP contribution in [0.3, 0.4) is 0 Å². The summed E-state index contributed by atoms with van der Waals surface area (Å²) in [5.41, 5.74) is 2.48. The SMILES string of the molecule is Cc1ccc(C2COC(c3c(F)cccc3Cl)=N2)cc1. The van der Waals surface area contributed by atoms with E-state index in [2.05, 4.69) is 4.99 Å². The first kappa shape index (κ1) is 13.1. The number of halogens is 2. The number of aliphatic imine (C=N–C) groups is 1. The van der Waals surface area contributed by atoms with Crippen LogP contribution in [-0.2, 0) is 4.74 Å². The summed E-state index contributed by atoms with van der Waals surface area (Å²) in [6, 6.07) is 12.5. The van der Waals surface area contributed by atoms with Gasteiger partial charge in [0.15, 0.2) is 0 Å². The highest BCUT2D eigenvalue weighted by Gasteiger charge is 2.25. The van der Waals surface area contributed by atoms with Gasteiger partial charge in [-0.1, -0.05) is 47.5 Å². The highest BCUT2D eigenvalue weighted by Crippen LogP contribution is 2.29. The van der Waals surface area contributed by atoms with Crippen molar-refractivity contribution in [1.29, 1.82) is 0 Å². The van der Waals surface area contributed by atoms with Crippen LogP contribution in [-0.4, -0.2) is 12.5 Å². The molecular weight excluding hydrogens is 277 g/mol. The van der Waals surface area contributed by atoms with E-state index in [0.717, 1.165) is 5.56 Å². The van der Waals surface area contributed by atoms with Crippen molar-refractivity contribution in [2.75, 3.05) is 6.61 Å². The predicted molar refractivity (Wildman–Crippen MR) is 77.8 cm³/mol. The lowest BCUT2D eigenvalue weighted by Crippen LogP contribution is -2.05. The maximum absolute atomic E-state index is 13.8. The normalized spacial score (nSPS) is 17.8. The van der Waals surface area contributed by atoms with Crippen LogP contribution in [0.2, 0.25) is 5.02 Å². The van der Waals surface area contributed by atoms with E-state index in [4.69, 9.17) is 16.3 Å². The van der Waals surface area contributed by atoms with Gasteiger partial charge in [-0.25, -0.2) is 9.38 Å². The lowest BCUT2D eigenvalue weighted by atomic mass is 10.1. The summed E-state index contributed by atoms with van der Waals surface area (Å²) in [5.74, 6) is -0.139. The Morgan fingerprint density at radius 1 is 1.20 bits per heavy atom. The van der Waals surface area contributed by atoms with Crippen LogP contribution in [0.5, 0.6) is 0 Å². The highest BCUT2D eigenvalue weighted by atomic mass is 35.5. The molecule has 1 aliphatic rings. The molecule has 3 rings (SSSR count). The summed E-state index contributed by atoms with van der Waals surface area (Å²) >= 11 is 6.02. The van der Waals surface area contributed by atoms with Crippen LogP contribution in [0.15, 0.2) is 47.5 Å². The number of hydrogen-bond donors (Lipinski definition) is 0. The van der Waals surface area contributed by atoms with Crippen molar-refractivity contribution in [2.24, 2.45) is 4.99 Å². The van der Waals surface area contributed by atoms with Gasteiger partial charge < -0.3 is 4.74 Å². The predicted octanol–water partition coefficient (Wildman–Crippen LogP) is 4.31. The van der Waals surface area contributed by atoms with E-state index in [-0.39, 0.29) is 17.5 Å². The van der Waals surface area contributed by atoms with Crippen LogP contribution < -0.4 is 0 Å². The quantitative estimate of drug-likeness (QED) is 0.807. The van der Waals surface area contributed by atoms with Gasteiger partial charge in [0.05, 0.1) is 10.6 Å². The second kappa shape index (κ2) is 5.25. The van der Waals surface area contributed by atoms with Gasteiger partial charge in [0, 0.05) is 0 Å². The molecule has 0 radical (unpaired) electrons. The zero-order valence-corrected chi connectivity index (χ0v) is 11.7. The summed E-state index contributed by atoms with van der Waals surface area (Å²) < 4.78 is 19.4. The molecule has 102 valence electrons. The lowest BCUT2D eigenvalue weighted by molar-refractivity contribution is 0.319. The molecule has 1 atom stereocenters. The Balaban J connectivity index is 1.94. The van der Waals surface area contributed by atoms with Crippen molar-refractivity contribution in [2.45, 2.75) is 13.0 Å². The zero-order chi connectivity index (χ0) is 14.1. The molecule has 1 heterocycles. The fraction of sp³-hybridized carbons (Fsp3) is 0.188. The molecule has 0 bridgehead atoms. The summed E-state index contributed by atoms with van der Waals surface area (Å²) in [7, 11) is 0. The van der Waals surface area contributed by atoms with Gasteiger partial charge in [-0.3, -0.25) is 0 Å². The first-order valence-corrected chi connectivity index (χ1v) is 6.74. The second-order valence-corrected chi connectivity index (χ2v) is 5.18. The fourth-order valence-electron chi connectivity index (χ4n) is 2.17. The van der Waals surface area contributed by atoms with Gasteiger partial charge in [-0.2, -0.15) is 0 Å². The van der Waals surface area contributed by atoms with Gasteiger partial charge in [0.1, 0.15) is 18.5 Å². The minimum Gasteiger partial charge on any atom is -0.475 e. The van der Waals surface area contributed by atoms with Crippen molar-refractivity contribution in [3.8, 4) is 0 Å². The number of rotatable bonds is 2.